The second-order valence-corrected chi connectivity index (χ2v) is 10.2. The Morgan fingerprint density at radius 1 is 1.09 bits per heavy atom. The molecule has 0 aromatic rings. The van der Waals surface area contributed by atoms with E-state index >= 15 is 0 Å². The number of rotatable bonds is 7. The van der Waals surface area contributed by atoms with Gasteiger partial charge in [-0.2, -0.15) is 0 Å². The molecule has 3 aliphatic rings. The highest BCUT2D eigenvalue weighted by Gasteiger charge is 2.33. The second-order valence-electron chi connectivity index (χ2n) is 10.2. The van der Waals surface area contributed by atoms with E-state index in [1.54, 1.807) is 0 Å². The van der Waals surface area contributed by atoms with Gasteiger partial charge in [0.15, 0.2) is 5.96 Å². The molecule has 3 saturated heterocycles. The molecule has 3 unspecified atom stereocenters. The number of morpholine rings is 1. The van der Waals surface area contributed by atoms with Gasteiger partial charge in [-0.25, -0.2) is 0 Å². The minimum atomic E-state index is 0. The van der Waals surface area contributed by atoms with Crippen molar-refractivity contribution >= 4 is 29.9 Å². The number of ether oxygens (including phenoxy) is 3. The van der Waals surface area contributed by atoms with E-state index in [-0.39, 0.29) is 41.7 Å². The van der Waals surface area contributed by atoms with E-state index < -0.39 is 0 Å². The van der Waals surface area contributed by atoms with E-state index in [0.717, 1.165) is 77.7 Å². The minimum Gasteiger partial charge on any atom is -0.376 e. The summed E-state index contributed by atoms with van der Waals surface area (Å²) in [6.45, 7) is 18.3. The lowest BCUT2D eigenvalue weighted by Gasteiger charge is -2.44. The van der Waals surface area contributed by atoms with Gasteiger partial charge in [-0.1, -0.05) is 0 Å². The van der Waals surface area contributed by atoms with Gasteiger partial charge in [0.25, 0.3) is 0 Å². The summed E-state index contributed by atoms with van der Waals surface area (Å²) >= 11 is 0. The first-order valence-electron chi connectivity index (χ1n) is 12.5. The van der Waals surface area contributed by atoms with Crippen LogP contribution >= 0.6 is 24.0 Å². The van der Waals surface area contributed by atoms with Crippen LogP contribution < -0.4 is 5.32 Å². The maximum Gasteiger partial charge on any atom is 0.193 e. The van der Waals surface area contributed by atoms with Crippen molar-refractivity contribution in [2.24, 2.45) is 4.99 Å². The summed E-state index contributed by atoms with van der Waals surface area (Å²) in [6, 6.07) is 0. The molecule has 0 spiro atoms. The van der Waals surface area contributed by atoms with Crippen LogP contribution in [0.25, 0.3) is 0 Å². The number of likely N-dealkylation sites (tertiary alicyclic amines) is 1. The van der Waals surface area contributed by atoms with Crippen molar-refractivity contribution in [2.45, 2.75) is 96.7 Å². The Hall–Kier alpha value is -0.160. The zero-order valence-corrected chi connectivity index (χ0v) is 23.3. The molecule has 188 valence electrons. The Balaban J connectivity index is 0.00000363. The van der Waals surface area contributed by atoms with Gasteiger partial charge in [-0.15, -0.1) is 24.0 Å². The fourth-order valence-electron chi connectivity index (χ4n) is 4.88. The van der Waals surface area contributed by atoms with Crippen LogP contribution in [0, 0.1) is 0 Å². The normalized spacial score (nSPS) is 29.0. The average molecular weight is 567 g/mol. The van der Waals surface area contributed by atoms with Crippen molar-refractivity contribution in [1.29, 1.82) is 0 Å². The van der Waals surface area contributed by atoms with Crippen LogP contribution in [0.3, 0.4) is 0 Å². The Morgan fingerprint density at radius 2 is 1.78 bits per heavy atom. The topological polar surface area (TPSA) is 58.6 Å². The van der Waals surface area contributed by atoms with Crippen LogP contribution in [0.5, 0.6) is 0 Å². The lowest BCUT2D eigenvalue weighted by Crippen LogP contribution is -2.56. The fraction of sp³-hybridized carbons (Fsp3) is 0.958. The van der Waals surface area contributed by atoms with E-state index in [1.165, 1.54) is 12.8 Å². The van der Waals surface area contributed by atoms with Gasteiger partial charge in [0, 0.05) is 44.9 Å². The predicted molar refractivity (Wildman–Crippen MR) is 141 cm³/mol. The van der Waals surface area contributed by atoms with Gasteiger partial charge in [0.1, 0.15) is 0 Å². The van der Waals surface area contributed by atoms with Crippen LogP contribution in [0.1, 0.15) is 66.7 Å². The van der Waals surface area contributed by atoms with Crippen LogP contribution in [-0.2, 0) is 14.2 Å². The smallest absolute Gasteiger partial charge is 0.193 e. The fourth-order valence-corrected chi connectivity index (χ4v) is 4.88. The Bertz CT molecular complexity index is 553. The standard InChI is InChI=1S/C24H46N4O3.HI/c1-6-25-23(26-18-24(4,5)28-15-19(2)31-20(3)16-28)27-12-10-21(11-13-27)30-17-22-9-7-8-14-29-22;/h19-22H,6-18H2,1-5H3,(H,25,26);1H. The molecule has 3 aliphatic heterocycles. The largest absolute Gasteiger partial charge is 0.376 e. The Labute approximate surface area is 213 Å². The number of hydrogen-bond acceptors (Lipinski definition) is 5. The zero-order valence-electron chi connectivity index (χ0n) is 21.0. The Morgan fingerprint density at radius 3 is 2.38 bits per heavy atom. The van der Waals surface area contributed by atoms with Gasteiger partial charge in [-0.3, -0.25) is 9.89 Å². The first-order valence-corrected chi connectivity index (χ1v) is 12.5. The third-order valence-corrected chi connectivity index (χ3v) is 6.76. The van der Waals surface area contributed by atoms with Gasteiger partial charge in [0.2, 0.25) is 0 Å². The molecule has 0 radical (unpaired) electrons. The summed E-state index contributed by atoms with van der Waals surface area (Å²) in [5, 5.41) is 3.52. The number of halogens is 1. The van der Waals surface area contributed by atoms with Crippen molar-refractivity contribution in [3.63, 3.8) is 0 Å². The number of nitrogens with one attached hydrogen (secondary N) is 1. The first kappa shape index (κ1) is 28.1. The minimum absolute atomic E-state index is 0. The molecule has 3 fully saturated rings. The molecule has 0 amide bonds. The van der Waals surface area contributed by atoms with Gasteiger partial charge in [0.05, 0.1) is 37.6 Å². The monoisotopic (exact) mass is 566 g/mol. The first-order chi connectivity index (χ1) is 14.9. The number of hydrogen-bond donors (Lipinski definition) is 1. The highest BCUT2D eigenvalue weighted by Crippen LogP contribution is 2.22. The number of piperidine rings is 1. The molecule has 0 saturated carbocycles. The van der Waals surface area contributed by atoms with E-state index in [1.807, 2.05) is 0 Å². The van der Waals surface area contributed by atoms with Crippen LogP contribution in [0.4, 0.5) is 0 Å². The quantitative estimate of drug-likeness (QED) is 0.289. The highest BCUT2D eigenvalue weighted by atomic mass is 127. The van der Waals surface area contributed by atoms with E-state index in [0.29, 0.717) is 12.2 Å². The van der Waals surface area contributed by atoms with Crippen molar-refractivity contribution in [1.82, 2.24) is 15.1 Å². The molecule has 3 heterocycles. The van der Waals surface area contributed by atoms with Crippen molar-refractivity contribution in [2.75, 3.05) is 52.5 Å². The highest BCUT2D eigenvalue weighted by molar-refractivity contribution is 14.0. The summed E-state index contributed by atoms with van der Waals surface area (Å²) in [7, 11) is 0. The molecule has 1 N–H and O–H groups in total. The molecule has 3 rings (SSSR count). The van der Waals surface area contributed by atoms with Crippen molar-refractivity contribution < 1.29 is 14.2 Å². The van der Waals surface area contributed by atoms with Gasteiger partial charge in [-0.05, 0) is 66.7 Å². The maximum atomic E-state index is 6.19. The van der Waals surface area contributed by atoms with Gasteiger partial charge >= 0.3 is 0 Å². The second kappa shape index (κ2) is 13.7. The van der Waals surface area contributed by atoms with Crippen LogP contribution in [-0.4, -0.2) is 98.2 Å². The lowest BCUT2D eigenvalue weighted by atomic mass is 10.0. The molecule has 0 aliphatic carbocycles. The third-order valence-electron chi connectivity index (χ3n) is 6.76. The van der Waals surface area contributed by atoms with E-state index in [2.05, 4.69) is 49.7 Å². The zero-order chi connectivity index (χ0) is 22.3. The average Bonchev–Trinajstić information content (AvgIpc) is 2.76. The van der Waals surface area contributed by atoms with Gasteiger partial charge < -0.3 is 24.4 Å². The summed E-state index contributed by atoms with van der Waals surface area (Å²) in [5.74, 6) is 1.04. The number of nitrogens with zero attached hydrogens (tertiary/aromatic N) is 3. The molecule has 7 nitrogen and oxygen atoms in total. The molecule has 0 bridgehead atoms. The molecule has 32 heavy (non-hydrogen) atoms. The summed E-state index contributed by atoms with van der Waals surface area (Å²) in [4.78, 5) is 10.0. The molecule has 8 heteroatoms. The lowest BCUT2D eigenvalue weighted by molar-refractivity contribution is -0.0939. The van der Waals surface area contributed by atoms with Crippen molar-refractivity contribution in [3.8, 4) is 0 Å². The van der Waals surface area contributed by atoms with Crippen LogP contribution in [0.2, 0.25) is 0 Å². The summed E-state index contributed by atoms with van der Waals surface area (Å²) in [6.07, 6.45) is 6.92. The molecular weight excluding hydrogens is 519 g/mol. The van der Waals surface area contributed by atoms with Crippen LogP contribution in [0.15, 0.2) is 4.99 Å². The molecule has 0 aromatic heterocycles. The predicted octanol–water partition coefficient (Wildman–Crippen LogP) is 3.51. The number of guanidine groups is 1. The summed E-state index contributed by atoms with van der Waals surface area (Å²) < 4.78 is 17.9. The maximum absolute atomic E-state index is 6.19. The number of aliphatic imine (C=N–C) groups is 1. The molecule has 3 atom stereocenters. The molecule has 0 aromatic carbocycles. The van der Waals surface area contributed by atoms with Crippen molar-refractivity contribution in [3.05, 3.63) is 0 Å². The Kier molecular flexibility index (Phi) is 12.0. The third kappa shape index (κ3) is 8.56. The summed E-state index contributed by atoms with van der Waals surface area (Å²) in [5.41, 5.74) is 0.00833. The SMILES string of the molecule is CCNC(=NCC(C)(C)N1CC(C)OC(C)C1)N1CCC(OCC2CCCCO2)CC1.I. The molecular formula is C24H47IN4O3. The van der Waals surface area contributed by atoms with E-state index in [9.17, 15) is 0 Å². The van der Waals surface area contributed by atoms with E-state index in [4.69, 9.17) is 19.2 Å².